The highest BCUT2D eigenvalue weighted by Crippen LogP contribution is 2.44. The summed E-state index contributed by atoms with van der Waals surface area (Å²) in [6.45, 7) is 0.944. The Morgan fingerprint density at radius 2 is 1.86 bits per heavy atom. The van der Waals surface area contributed by atoms with E-state index in [-0.39, 0.29) is 6.10 Å². The van der Waals surface area contributed by atoms with E-state index in [4.69, 9.17) is 4.74 Å². The fourth-order valence-corrected chi connectivity index (χ4v) is 6.00. The molecule has 0 amide bonds. The van der Waals surface area contributed by atoms with Gasteiger partial charge in [-0.2, -0.15) is 0 Å². The molecule has 0 saturated heterocycles. The number of benzene rings is 2. The van der Waals surface area contributed by atoms with E-state index < -0.39 is 0 Å². The number of hydrogen-bond donors (Lipinski definition) is 0. The van der Waals surface area contributed by atoms with E-state index in [0.717, 1.165) is 30.3 Å². The van der Waals surface area contributed by atoms with Crippen molar-refractivity contribution >= 4 is 9.24 Å². The molecule has 29 heavy (non-hydrogen) atoms. The molecule has 2 nitrogen and oxygen atoms in total. The minimum atomic E-state index is 0.187. The number of nitrogens with zero attached hydrogens (tertiary/aromatic N) is 1. The van der Waals surface area contributed by atoms with Crippen molar-refractivity contribution in [3.05, 3.63) is 65.2 Å². The van der Waals surface area contributed by atoms with Crippen LogP contribution in [0.5, 0.6) is 5.75 Å². The van der Waals surface area contributed by atoms with Crippen LogP contribution in [0.25, 0.3) is 0 Å². The summed E-state index contributed by atoms with van der Waals surface area (Å²) in [7, 11) is 7.33. The third-order valence-corrected chi connectivity index (χ3v) is 7.25. The molecule has 156 valence electrons. The average Bonchev–Trinajstić information content (AvgIpc) is 2.87. The molecule has 3 heteroatoms. The lowest BCUT2D eigenvalue weighted by atomic mass is 9.86. The van der Waals surface area contributed by atoms with E-state index in [1.54, 1.807) is 0 Å². The van der Waals surface area contributed by atoms with E-state index in [1.807, 2.05) is 0 Å². The Kier molecular flexibility index (Phi) is 6.93. The van der Waals surface area contributed by atoms with Gasteiger partial charge in [0.1, 0.15) is 11.9 Å². The first-order valence-electron chi connectivity index (χ1n) is 11.3. The molecule has 2 aliphatic carbocycles. The second-order valence-electron chi connectivity index (χ2n) is 9.47. The maximum atomic E-state index is 6.71. The predicted octanol–water partition coefficient (Wildman–Crippen LogP) is 6.25. The molecule has 1 fully saturated rings. The van der Waals surface area contributed by atoms with Gasteiger partial charge in [-0.1, -0.05) is 55.7 Å². The SMILES string of the molecule is CN(C)Cc1cccc(OC2c3ccccc3CC2CC2CCCCC(P)C2)c1. The van der Waals surface area contributed by atoms with Gasteiger partial charge in [0.15, 0.2) is 0 Å². The molecule has 0 aromatic heterocycles. The van der Waals surface area contributed by atoms with Crippen molar-refractivity contribution in [3.63, 3.8) is 0 Å². The smallest absolute Gasteiger partial charge is 0.127 e. The fraction of sp³-hybridized carbons (Fsp3) is 0.538. The van der Waals surface area contributed by atoms with Crippen LogP contribution >= 0.6 is 9.24 Å². The average molecular weight is 410 g/mol. The van der Waals surface area contributed by atoms with E-state index >= 15 is 0 Å². The lowest BCUT2D eigenvalue weighted by molar-refractivity contribution is 0.128. The standard InChI is InChI=1S/C26H36NOP/c1-27(2)18-20-9-7-11-23(15-20)28-26-22(17-21-10-4-6-13-25(21)26)14-19-8-3-5-12-24(29)16-19/h4,6-7,9-11,13,15,19,22,24,26H,3,5,8,12,14,16-18,29H2,1-2H3. The van der Waals surface area contributed by atoms with Gasteiger partial charge in [0.05, 0.1) is 0 Å². The van der Waals surface area contributed by atoms with Crippen molar-refractivity contribution in [2.24, 2.45) is 11.8 Å². The zero-order valence-corrected chi connectivity index (χ0v) is 19.2. The first kappa shape index (κ1) is 20.9. The molecule has 0 aliphatic heterocycles. The molecule has 5 atom stereocenters. The minimum Gasteiger partial charge on any atom is -0.485 e. The molecule has 0 heterocycles. The highest BCUT2D eigenvalue weighted by Gasteiger charge is 2.36. The minimum absolute atomic E-state index is 0.187. The molecular formula is C26H36NOP. The van der Waals surface area contributed by atoms with Gasteiger partial charge in [-0.15, -0.1) is 9.24 Å². The monoisotopic (exact) mass is 409 g/mol. The van der Waals surface area contributed by atoms with Gasteiger partial charge < -0.3 is 9.64 Å². The van der Waals surface area contributed by atoms with Gasteiger partial charge in [-0.25, -0.2) is 0 Å². The van der Waals surface area contributed by atoms with Crippen LogP contribution in [0.3, 0.4) is 0 Å². The summed E-state index contributed by atoms with van der Waals surface area (Å²) >= 11 is 0. The summed E-state index contributed by atoms with van der Waals surface area (Å²) in [6, 6.07) is 17.6. The van der Waals surface area contributed by atoms with Crippen molar-refractivity contribution < 1.29 is 4.74 Å². The summed E-state index contributed by atoms with van der Waals surface area (Å²) < 4.78 is 6.71. The van der Waals surface area contributed by atoms with Crippen LogP contribution in [0.2, 0.25) is 0 Å². The quantitative estimate of drug-likeness (QED) is 0.413. The normalized spacial score (nSPS) is 26.9. The van der Waals surface area contributed by atoms with Crippen LogP contribution < -0.4 is 4.74 Å². The second kappa shape index (κ2) is 9.63. The summed E-state index contributed by atoms with van der Waals surface area (Å²) in [4.78, 5) is 2.21. The maximum absolute atomic E-state index is 6.71. The lowest BCUT2D eigenvalue weighted by Crippen LogP contribution is -2.19. The Morgan fingerprint density at radius 3 is 2.72 bits per heavy atom. The Balaban J connectivity index is 1.53. The molecule has 2 aromatic rings. The van der Waals surface area contributed by atoms with Gasteiger partial charge in [0, 0.05) is 12.5 Å². The lowest BCUT2D eigenvalue weighted by Gasteiger charge is -2.27. The van der Waals surface area contributed by atoms with Crippen molar-refractivity contribution in [1.82, 2.24) is 4.90 Å². The Bertz CT molecular complexity index is 805. The number of fused-ring (bicyclic) bond motifs is 1. The van der Waals surface area contributed by atoms with Gasteiger partial charge >= 0.3 is 0 Å². The number of ether oxygens (including phenoxy) is 1. The van der Waals surface area contributed by atoms with Gasteiger partial charge in [0.25, 0.3) is 0 Å². The largest absolute Gasteiger partial charge is 0.485 e. The fourth-order valence-electron chi connectivity index (χ4n) is 5.38. The molecule has 2 aromatic carbocycles. The Hall–Kier alpha value is -1.37. The van der Waals surface area contributed by atoms with E-state index in [0.29, 0.717) is 5.92 Å². The Labute approximate surface area is 179 Å². The molecule has 0 N–H and O–H groups in total. The van der Waals surface area contributed by atoms with Crippen LogP contribution in [0.4, 0.5) is 0 Å². The second-order valence-corrected chi connectivity index (χ2v) is 10.4. The Morgan fingerprint density at radius 1 is 1.03 bits per heavy atom. The predicted molar refractivity (Wildman–Crippen MR) is 126 cm³/mol. The zero-order chi connectivity index (χ0) is 20.2. The zero-order valence-electron chi connectivity index (χ0n) is 18.0. The van der Waals surface area contributed by atoms with Gasteiger partial charge in [-0.3, -0.25) is 0 Å². The van der Waals surface area contributed by atoms with E-state index in [9.17, 15) is 0 Å². The summed E-state index contributed by atoms with van der Waals surface area (Å²) in [5.74, 6) is 2.44. The summed E-state index contributed by atoms with van der Waals surface area (Å²) in [5, 5.41) is 0. The molecule has 5 unspecified atom stereocenters. The van der Waals surface area contributed by atoms with Crippen LogP contribution in [-0.2, 0) is 13.0 Å². The third kappa shape index (κ3) is 5.41. The van der Waals surface area contributed by atoms with Crippen LogP contribution in [0.1, 0.15) is 61.3 Å². The maximum Gasteiger partial charge on any atom is 0.127 e. The van der Waals surface area contributed by atoms with Crippen molar-refractivity contribution in [3.8, 4) is 5.75 Å². The first-order valence-corrected chi connectivity index (χ1v) is 12.0. The van der Waals surface area contributed by atoms with Crippen LogP contribution in [-0.4, -0.2) is 24.7 Å². The first-order chi connectivity index (χ1) is 14.1. The van der Waals surface area contributed by atoms with Gasteiger partial charge in [-0.05, 0) is 80.2 Å². The highest BCUT2D eigenvalue weighted by molar-refractivity contribution is 7.17. The molecule has 0 radical (unpaired) electrons. The third-order valence-electron chi connectivity index (χ3n) is 6.64. The highest BCUT2D eigenvalue weighted by atomic mass is 31.0. The summed E-state index contributed by atoms with van der Waals surface area (Å²) in [6.07, 6.45) is 9.57. The van der Waals surface area contributed by atoms with Crippen LogP contribution in [0.15, 0.2) is 48.5 Å². The molecule has 2 aliphatic rings. The topological polar surface area (TPSA) is 12.5 Å². The van der Waals surface area contributed by atoms with Crippen molar-refractivity contribution in [1.29, 1.82) is 0 Å². The van der Waals surface area contributed by atoms with Crippen LogP contribution in [0, 0.1) is 11.8 Å². The van der Waals surface area contributed by atoms with Crippen molar-refractivity contribution in [2.45, 2.75) is 63.3 Å². The molecule has 0 bridgehead atoms. The number of hydrogen-bond acceptors (Lipinski definition) is 2. The molecular weight excluding hydrogens is 373 g/mol. The van der Waals surface area contributed by atoms with E-state index in [1.165, 1.54) is 55.2 Å². The molecule has 0 spiro atoms. The van der Waals surface area contributed by atoms with Gasteiger partial charge in [0.2, 0.25) is 0 Å². The van der Waals surface area contributed by atoms with E-state index in [2.05, 4.69) is 76.8 Å². The number of rotatable bonds is 6. The summed E-state index contributed by atoms with van der Waals surface area (Å²) in [5.41, 5.74) is 5.01. The van der Waals surface area contributed by atoms with Crippen molar-refractivity contribution in [2.75, 3.05) is 14.1 Å². The molecule has 1 saturated carbocycles. The molecule has 4 rings (SSSR count).